The minimum absolute atomic E-state index is 0.274. The van der Waals surface area contributed by atoms with E-state index in [-0.39, 0.29) is 6.04 Å². The van der Waals surface area contributed by atoms with Crippen LogP contribution in [0.3, 0.4) is 0 Å². The number of nitrogens with two attached hydrogens (primary N) is 1. The van der Waals surface area contributed by atoms with Crippen LogP contribution in [0.5, 0.6) is 0 Å². The molecule has 0 radical (unpaired) electrons. The first-order valence-corrected chi connectivity index (χ1v) is 6.75. The molecule has 2 aliphatic rings. The van der Waals surface area contributed by atoms with Crippen LogP contribution in [0, 0.1) is 5.92 Å². The van der Waals surface area contributed by atoms with E-state index in [1.807, 2.05) is 12.5 Å². The Balaban J connectivity index is 1.84. The van der Waals surface area contributed by atoms with Crippen LogP contribution in [-0.2, 0) is 0 Å². The second-order valence-electron chi connectivity index (χ2n) is 5.72. The summed E-state index contributed by atoms with van der Waals surface area (Å²) in [5, 5.41) is 0. The number of aliphatic imine (C=N–C) groups is 1. The van der Waals surface area contributed by atoms with Crippen LogP contribution in [0.4, 0.5) is 0 Å². The zero-order valence-corrected chi connectivity index (χ0v) is 11.1. The molecule has 98 valence electrons. The Labute approximate surface area is 108 Å². The third kappa shape index (κ3) is 1.98. The van der Waals surface area contributed by atoms with Crippen molar-refractivity contribution in [1.82, 2.24) is 14.5 Å². The van der Waals surface area contributed by atoms with Crippen LogP contribution in [0.25, 0.3) is 0 Å². The highest BCUT2D eigenvalue weighted by atomic mass is 15.3. The van der Waals surface area contributed by atoms with Crippen molar-refractivity contribution in [1.29, 1.82) is 0 Å². The van der Waals surface area contributed by atoms with Crippen LogP contribution >= 0.6 is 0 Å². The summed E-state index contributed by atoms with van der Waals surface area (Å²) in [5.74, 6) is 1.26. The maximum absolute atomic E-state index is 6.01. The van der Waals surface area contributed by atoms with Crippen LogP contribution in [0.15, 0.2) is 17.5 Å². The van der Waals surface area contributed by atoms with Gasteiger partial charge >= 0.3 is 0 Å². The van der Waals surface area contributed by atoms with Gasteiger partial charge in [0.05, 0.1) is 30.8 Å². The molecule has 0 bridgehead atoms. The molecule has 0 saturated heterocycles. The molecular formula is C13H21N5. The minimum atomic E-state index is 0.274. The normalized spacial score (nSPS) is 23.8. The highest BCUT2D eigenvalue weighted by Crippen LogP contribution is 2.38. The van der Waals surface area contributed by atoms with Crippen molar-refractivity contribution < 1.29 is 0 Å². The second kappa shape index (κ2) is 4.30. The highest BCUT2D eigenvalue weighted by Gasteiger charge is 2.33. The van der Waals surface area contributed by atoms with E-state index in [0.29, 0.717) is 17.9 Å². The monoisotopic (exact) mass is 247 g/mol. The number of guanidine groups is 1. The number of nitrogens with zero attached hydrogens (tertiary/aromatic N) is 4. The number of aromatic nitrogens is 2. The summed E-state index contributed by atoms with van der Waals surface area (Å²) in [7, 11) is 0. The lowest BCUT2D eigenvalue weighted by atomic mass is 10.1. The van der Waals surface area contributed by atoms with Crippen molar-refractivity contribution in [2.24, 2.45) is 16.6 Å². The third-order valence-electron chi connectivity index (χ3n) is 3.64. The van der Waals surface area contributed by atoms with Gasteiger partial charge in [-0.05, 0) is 18.8 Å². The van der Waals surface area contributed by atoms with Gasteiger partial charge in [0, 0.05) is 12.6 Å². The first-order chi connectivity index (χ1) is 8.66. The molecule has 1 aliphatic carbocycles. The largest absolute Gasteiger partial charge is 0.370 e. The maximum Gasteiger partial charge on any atom is 0.191 e. The molecule has 3 rings (SSSR count). The maximum atomic E-state index is 6.01. The molecule has 0 aromatic carbocycles. The lowest BCUT2D eigenvalue weighted by Crippen LogP contribution is -2.39. The van der Waals surface area contributed by atoms with E-state index in [0.717, 1.165) is 13.1 Å². The first kappa shape index (κ1) is 11.6. The van der Waals surface area contributed by atoms with Gasteiger partial charge in [0.25, 0.3) is 0 Å². The van der Waals surface area contributed by atoms with E-state index in [2.05, 4.69) is 33.3 Å². The molecule has 1 atom stereocenters. The quantitative estimate of drug-likeness (QED) is 0.878. The van der Waals surface area contributed by atoms with Gasteiger partial charge in [0.2, 0.25) is 0 Å². The fraction of sp³-hybridized carbons (Fsp3) is 0.692. The summed E-state index contributed by atoms with van der Waals surface area (Å²) in [6, 6.07) is 0.931. The first-order valence-electron chi connectivity index (χ1n) is 6.75. The van der Waals surface area contributed by atoms with Gasteiger partial charge in [0.15, 0.2) is 5.96 Å². The lowest BCUT2D eigenvalue weighted by Gasteiger charge is -2.28. The Morgan fingerprint density at radius 3 is 2.89 bits per heavy atom. The topological polar surface area (TPSA) is 59.4 Å². The van der Waals surface area contributed by atoms with Crippen LogP contribution < -0.4 is 5.73 Å². The van der Waals surface area contributed by atoms with Crippen LogP contribution in [-0.4, -0.2) is 33.5 Å². The van der Waals surface area contributed by atoms with Crippen molar-refractivity contribution in [2.45, 2.75) is 38.8 Å². The van der Waals surface area contributed by atoms with Crippen LogP contribution in [0.1, 0.15) is 44.5 Å². The fourth-order valence-electron chi connectivity index (χ4n) is 2.63. The molecule has 1 unspecified atom stereocenters. The summed E-state index contributed by atoms with van der Waals surface area (Å²) < 4.78 is 2.31. The van der Waals surface area contributed by atoms with Gasteiger partial charge < -0.3 is 15.2 Å². The number of imidazole rings is 1. The number of rotatable bonds is 4. The number of hydrogen-bond donors (Lipinski definition) is 1. The average Bonchev–Trinajstić information content (AvgIpc) is 2.96. The van der Waals surface area contributed by atoms with Gasteiger partial charge in [-0.15, -0.1) is 0 Å². The van der Waals surface area contributed by atoms with Crippen molar-refractivity contribution in [2.75, 3.05) is 13.1 Å². The molecule has 1 aliphatic heterocycles. The fourth-order valence-corrected chi connectivity index (χ4v) is 2.63. The van der Waals surface area contributed by atoms with Crippen LogP contribution in [0.2, 0.25) is 0 Å². The van der Waals surface area contributed by atoms with E-state index in [4.69, 9.17) is 5.73 Å². The molecule has 0 spiro atoms. The van der Waals surface area contributed by atoms with Crippen molar-refractivity contribution in [3.8, 4) is 0 Å². The third-order valence-corrected chi connectivity index (χ3v) is 3.64. The van der Waals surface area contributed by atoms with E-state index in [1.165, 1.54) is 18.5 Å². The average molecular weight is 247 g/mol. The van der Waals surface area contributed by atoms with E-state index in [9.17, 15) is 0 Å². The van der Waals surface area contributed by atoms with Crippen molar-refractivity contribution in [3.63, 3.8) is 0 Å². The molecule has 2 heterocycles. The zero-order valence-electron chi connectivity index (χ0n) is 11.1. The van der Waals surface area contributed by atoms with Gasteiger partial charge in [-0.3, -0.25) is 4.99 Å². The molecule has 2 N–H and O–H groups in total. The molecule has 1 aromatic heterocycles. The van der Waals surface area contributed by atoms with Crippen molar-refractivity contribution in [3.05, 3.63) is 18.2 Å². The van der Waals surface area contributed by atoms with Gasteiger partial charge in [-0.25, -0.2) is 4.98 Å². The summed E-state index contributed by atoms with van der Waals surface area (Å²) in [6.45, 7) is 6.13. The highest BCUT2D eigenvalue weighted by molar-refractivity contribution is 5.80. The van der Waals surface area contributed by atoms with Gasteiger partial charge in [-0.1, -0.05) is 13.8 Å². The molecular weight excluding hydrogens is 226 g/mol. The molecule has 1 aromatic rings. The second-order valence-corrected chi connectivity index (χ2v) is 5.72. The summed E-state index contributed by atoms with van der Waals surface area (Å²) in [4.78, 5) is 10.9. The van der Waals surface area contributed by atoms with Gasteiger partial charge in [-0.2, -0.15) is 0 Å². The molecule has 1 fully saturated rings. The molecule has 5 nitrogen and oxygen atoms in total. The molecule has 1 saturated carbocycles. The Morgan fingerprint density at radius 2 is 2.22 bits per heavy atom. The summed E-state index contributed by atoms with van der Waals surface area (Å²) in [5.41, 5.74) is 7.28. The molecule has 0 amide bonds. The van der Waals surface area contributed by atoms with Crippen molar-refractivity contribution >= 4 is 5.96 Å². The van der Waals surface area contributed by atoms with Gasteiger partial charge in [0.1, 0.15) is 0 Å². The number of hydrogen-bond acceptors (Lipinski definition) is 4. The standard InChI is InChI=1S/C13H21N5/c1-9(2)7-17-12(6-16-13(17)14)11-5-15-8-18(11)10-3-4-10/h5,8-10,12H,3-4,6-7H2,1-2H3,(H2,14,16). The Hall–Kier alpha value is -1.52. The van der Waals surface area contributed by atoms with E-state index in [1.54, 1.807) is 0 Å². The minimum Gasteiger partial charge on any atom is -0.370 e. The zero-order chi connectivity index (χ0) is 12.7. The predicted molar refractivity (Wildman–Crippen MR) is 71.3 cm³/mol. The summed E-state index contributed by atoms with van der Waals surface area (Å²) in [6.07, 6.45) is 6.48. The Kier molecular flexibility index (Phi) is 2.76. The predicted octanol–water partition coefficient (Wildman–Crippen LogP) is 1.55. The Morgan fingerprint density at radius 1 is 1.44 bits per heavy atom. The SMILES string of the molecule is CC(C)CN1C(N)=NCC1c1cncn1C1CC1. The smallest absolute Gasteiger partial charge is 0.191 e. The van der Waals surface area contributed by atoms with E-state index >= 15 is 0 Å². The lowest BCUT2D eigenvalue weighted by molar-refractivity contribution is 0.298. The molecule has 5 heteroatoms. The summed E-state index contributed by atoms with van der Waals surface area (Å²) >= 11 is 0. The Bertz CT molecular complexity index is 458. The van der Waals surface area contributed by atoms with E-state index < -0.39 is 0 Å². The molecule has 18 heavy (non-hydrogen) atoms.